The topological polar surface area (TPSA) is 51.5 Å². The van der Waals surface area contributed by atoms with Crippen molar-refractivity contribution in [3.63, 3.8) is 0 Å². The third-order valence-electron chi connectivity index (χ3n) is 4.18. The fourth-order valence-electron chi connectivity index (χ4n) is 2.30. The molecule has 2 aliphatic heterocycles. The fourth-order valence-corrected chi connectivity index (χ4v) is 2.30. The summed E-state index contributed by atoms with van der Waals surface area (Å²) in [6.45, 7) is 4.73. The molecule has 2 aromatic rings. The van der Waals surface area contributed by atoms with E-state index in [0.29, 0.717) is 0 Å². The largest absolute Gasteiger partial charge is 1.00 e. The van der Waals surface area contributed by atoms with Gasteiger partial charge in [-0.25, -0.2) is 0 Å². The van der Waals surface area contributed by atoms with Crippen molar-refractivity contribution in [3.8, 4) is 0 Å². The molecule has 0 spiro atoms. The first-order chi connectivity index (χ1) is 14.8. The van der Waals surface area contributed by atoms with Crippen LogP contribution in [0.2, 0.25) is 0 Å². The summed E-state index contributed by atoms with van der Waals surface area (Å²) >= 11 is 0. The van der Waals surface area contributed by atoms with Gasteiger partial charge in [-0.15, -0.1) is 5.69 Å². The average molecular weight is 471 g/mol. The molecule has 1 saturated heterocycles. The van der Waals surface area contributed by atoms with Gasteiger partial charge >= 0.3 is 57.6 Å². The molecule has 4 nitrogen and oxygen atoms in total. The zero-order chi connectivity index (χ0) is 23.1. The van der Waals surface area contributed by atoms with Gasteiger partial charge in [-0.05, 0) is 39.0 Å². The van der Waals surface area contributed by atoms with Crippen LogP contribution in [0.15, 0.2) is 66.9 Å². The zero-order valence-corrected chi connectivity index (χ0v) is 21.7. The Hall–Kier alpha value is -1.55. The molecule has 0 aliphatic carbocycles. The number of allylic oxidation sites excluding steroid dienone is 2. The number of carbonyl (C=O) groups is 2. The maximum absolute atomic E-state index is 10.4. The van der Waals surface area contributed by atoms with E-state index in [0.717, 1.165) is 17.5 Å². The number of halogens is 3. The Kier molecular flexibility index (Phi) is 16.2. The molecule has 166 valence electrons. The van der Waals surface area contributed by atoms with Crippen molar-refractivity contribution in [1.29, 1.82) is 0 Å². The maximum Gasteiger partial charge on any atom is 1.00 e. The first-order valence-corrected chi connectivity index (χ1v) is 9.62. The number of hydrogen-bond acceptors (Lipinski definition) is 3. The van der Waals surface area contributed by atoms with Crippen molar-refractivity contribution in [2.75, 3.05) is 20.1 Å². The van der Waals surface area contributed by atoms with E-state index in [-0.39, 0.29) is 51.4 Å². The fraction of sp³-hybridized carbons (Fsp3) is 0.250. The van der Waals surface area contributed by atoms with Gasteiger partial charge in [0.05, 0.1) is 0 Å². The van der Waals surface area contributed by atoms with Crippen LogP contribution in [-0.2, 0) is 4.79 Å². The van der Waals surface area contributed by atoms with E-state index in [9.17, 15) is 18.0 Å². The molecule has 32 heavy (non-hydrogen) atoms. The Labute approximate surface area is 230 Å². The monoisotopic (exact) mass is 470 g/mol. The van der Waals surface area contributed by atoms with E-state index < -0.39 is 12.5 Å². The molecule has 2 aromatic carbocycles. The van der Waals surface area contributed by atoms with Crippen molar-refractivity contribution in [2.45, 2.75) is 19.5 Å². The second-order valence-electron chi connectivity index (χ2n) is 6.67. The summed E-state index contributed by atoms with van der Waals surface area (Å²) in [5.74, 6) is 0. The van der Waals surface area contributed by atoms with Crippen molar-refractivity contribution < 1.29 is 74.1 Å². The molecule has 0 N–H and O–H groups in total. The van der Waals surface area contributed by atoms with Gasteiger partial charge < -0.3 is 10.2 Å². The summed E-state index contributed by atoms with van der Waals surface area (Å²) < 4.78 is 31.2. The summed E-state index contributed by atoms with van der Waals surface area (Å²) in [7, 11) is 2.14. The average Bonchev–Trinajstić information content (AvgIpc) is 2.75. The number of alkyl halides is 3. The normalized spacial score (nSPS) is 15.3. The molecule has 0 atom stereocenters. The van der Waals surface area contributed by atoms with Crippen molar-refractivity contribution in [2.24, 2.45) is 0 Å². The SMILES string of the molecule is CN1CCC1.Cc1c2cccc1[N-]/C=C/C=C\2.O=CC(F)(F)F.O=Cc1ccccc1.[K+]. The van der Waals surface area contributed by atoms with Gasteiger partial charge in [0, 0.05) is 5.56 Å². The van der Waals surface area contributed by atoms with Crippen LogP contribution in [0.3, 0.4) is 0 Å². The van der Waals surface area contributed by atoms with Crippen LogP contribution in [0.4, 0.5) is 18.9 Å². The van der Waals surface area contributed by atoms with Gasteiger partial charge in [0.2, 0.25) is 6.29 Å². The van der Waals surface area contributed by atoms with Gasteiger partial charge in [0.1, 0.15) is 6.29 Å². The third kappa shape index (κ3) is 13.8. The van der Waals surface area contributed by atoms with E-state index in [1.807, 2.05) is 48.7 Å². The molecule has 1 fully saturated rings. The number of carbonyl (C=O) groups excluding carboxylic acids is 2. The third-order valence-corrected chi connectivity index (χ3v) is 4.18. The molecule has 2 aliphatic rings. The summed E-state index contributed by atoms with van der Waals surface area (Å²) in [6, 6.07) is 15.3. The molecule has 0 radical (unpaired) electrons. The number of nitrogens with zero attached hydrogens (tertiary/aromatic N) is 2. The van der Waals surface area contributed by atoms with E-state index in [4.69, 9.17) is 4.79 Å². The van der Waals surface area contributed by atoms with Crippen molar-refractivity contribution >= 4 is 24.3 Å². The van der Waals surface area contributed by atoms with Gasteiger partial charge in [0.25, 0.3) is 0 Å². The van der Waals surface area contributed by atoms with Crippen LogP contribution >= 0.6 is 0 Å². The Bertz CT molecular complexity index is 865. The summed E-state index contributed by atoms with van der Waals surface area (Å²) in [5.41, 5.74) is 4.29. The number of likely N-dealkylation sites (tertiary alicyclic amines) is 1. The van der Waals surface area contributed by atoms with E-state index >= 15 is 0 Å². The molecule has 0 unspecified atom stereocenters. The minimum absolute atomic E-state index is 0. The number of rotatable bonds is 1. The Morgan fingerprint density at radius 1 is 0.969 bits per heavy atom. The van der Waals surface area contributed by atoms with Gasteiger partial charge in [-0.1, -0.05) is 72.3 Å². The first-order valence-electron chi connectivity index (χ1n) is 9.62. The molecule has 8 heteroatoms. The minimum atomic E-state index is -4.64. The number of fused-ring (bicyclic) bond motifs is 2. The van der Waals surface area contributed by atoms with Gasteiger partial charge in [-0.3, -0.25) is 9.59 Å². The van der Waals surface area contributed by atoms with Crippen LogP contribution < -0.4 is 51.4 Å². The Morgan fingerprint density at radius 2 is 1.56 bits per heavy atom. The Balaban J connectivity index is 0.000000422. The number of aldehydes is 2. The Morgan fingerprint density at radius 3 is 2.00 bits per heavy atom. The predicted octanol–water partition coefficient (Wildman–Crippen LogP) is 3.11. The standard InChI is InChI=1S/C11H10N.C7H6O.C4H9N.C2HF3O.K/c1-9-10-5-2-3-8-12-11(9)7-4-6-10;8-6-7-4-2-1-3-5-7;1-5-3-2-4-5;3-2(4,5)1-6;/h2-8H,1H3;1-6H;2-4H2,1H3;1H;/q-1;;;;+1/b5-2-,8-3+;;;;. The van der Waals surface area contributed by atoms with Crippen LogP contribution in [0.1, 0.15) is 27.9 Å². The van der Waals surface area contributed by atoms with Gasteiger partial charge in [-0.2, -0.15) is 19.4 Å². The molecule has 4 rings (SSSR count). The van der Waals surface area contributed by atoms with Crippen LogP contribution in [0.25, 0.3) is 11.4 Å². The summed E-state index contributed by atoms with van der Waals surface area (Å²) in [5, 5.41) is 4.30. The second-order valence-corrected chi connectivity index (χ2v) is 6.67. The summed E-state index contributed by atoms with van der Waals surface area (Å²) in [4.78, 5) is 21.0. The maximum atomic E-state index is 10.4. The summed E-state index contributed by atoms with van der Waals surface area (Å²) in [6.07, 6.45) is 4.42. The smallest absolute Gasteiger partial charge is 0.664 e. The van der Waals surface area contributed by atoms with Crippen LogP contribution in [0, 0.1) is 6.92 Å². The quantitative estimate of drug-likeness (QED) is 0.476. The van der Waals surface area contributed by atoms with E-state index in [1.54, 1.807) is 12.1 Å². The zero-order valence-electron chi connectivity index (χ0n) is 18.5. The molecule has 0 saturated carbocycles. The predicted molar refractivity (Wildman–Crippen MR) is 118 cm³/mol. The minimum Gasteiger partial charge on any atom is -0.664 e. The van der Waals surface area contributed by atoms with Crippen LogP contribution in [0.5, 0.6) is 0 Å². The van der Waals surface area contributed by atoms with E-state index in [1.165, 1.54) is 30.6 Å². The first kappa shape index (κ1) is 30.4. The van der Waals surface area contributed by atoms with Gasteiger partial charge in [0.15, 0.2) is 0 Å². The molecule has 0 aromatic heterocycles. The van der Waals surface area contributed by atoms with Crippen molar-refractivity contribution in [3.05, 3.63) is 88.9 Å². The van der Waals surface area contributed by atoms with Crippen LogP contribution in [-0.4, -0.2) is 43.8 Å². The second kappa shape index (κ2) is 17.0. The molecule has 0 amide bonds. The molecular weight excluding hydrogens is 444 g/mol. The van der Waals surface area contributed by atoms with Crippen molar-refractivity contribution in [1.82, 2.24) is 4.90 Å². The molecule has 2 bridgehead atoms. The number of benzene rings is 2. The molecule has 2 heterocycles. The molecular formula is C24H26F3KN2O2. The van der Waals surface area contributed by atoms with E-state index in [2.05, 4.69) is 36.3 Å². The number of hydrogen-bond donors (Lipinski definition) is 0.